The number of pyridine rings is 1. The van der Waals surface area contributed by atoms with Crippen molar-refractivity contribution in [2.45, 2.75) is 19.0 Å². The average Bonchev–Trinajstić information content (AvgIpc) is 3.00. The summed E-state index contributed by atoms with van der Waals surface area (Å²) in [5.74, 6) is 0.855. The molecule has 0 saturated carbocycles. The molecule has 1 aromatic heterocycles. The number of benzene rings is 1. The number of rotatable bonds is 5. The number of aliphatic imine (C=N–C) groups is 1. The van der Waals surface area contributed by atoms with Crippen molar-refractivity contribution >= 4 is 15.8 Å². The lowest BCUT2D eigenvalue weighted by molar-refractivity contribution is 0.440. The molecule has 7 nitrogen and oxygen atoms in total. The Bertz CT molecular complexity index is 919. The van der Waals surface area contributed by atoms with Crippen molar-refractivity contribution in [3.05, 3.63) is 54.1 Å². The van der Waals surface area contributed by atoms with Gasteiger partial charge in [0.1, 0.15) is 5.75 Å². The highest BCUT2D eigenvalue weighted by molar-refractivity contribution is 7.91. The quantitative estimate of drug-likeness (QED) is 0.596. The maximum absolute atomic E-state index is 14.3. The Labute approximate surface area is 157 Å². The molecule has 144 valence electrons. The monoisotopic (exact) mass is 392 g/mol. The zero-order valence-corrected chi connectivity index (χ0v) is 15.7. The van der Waals surface area contributed by atoms with E-state index in [-0.39, 0.29) is 23.3 Å². The minimum Gasteiger partial charge on any atom is -0.453 e. The number of guanidine groups is 1. The van der Waals surface area contributed by atoms with Gasteiger partial charge in [0.25, 0.3) is 0 Å². The molecule has 1 aliphatic heterocycles. The van der Waals surface area contributed by atoms with Gasteiger partial charge in [-0.15, -0.1) is 0 Å². The average molecular weight is 392 g/mol. The van der Waals surface area contributed by atoms with E-state index in [9.17, 15) is 12.8 Å². The summed E-state index contributed by atoms with van der Waals surface area (Å²) < 4.78 is 42.8. The first-order valence-electron chi connectivity index (χ1n) is 8.49. The molecule has 9 heteroatoms. The van der Waals surface area contributed by atoms with Crippen LogP contribution in [0.15, 0.2) is 47.7 Å². The van der Waals surface area contributed by atoms with Crippen molar-refractivity contribution in [2.75, 3.05) is 18.6 Å². The molecule has 1 aliphatic rings. The van der Waals surface area contributed by atoms with E-state index in [2.05, 4.69) is 20.6 Å². The summed E-state index contributed by atoms with van der Waals surface area (Å²) in [5.41, 5.74) is 0.702. The third kappa shape index (κ3) is 5.40. The van der Waals surface area contributed by atoms with Crippen LogP contribution in [0.25, 0.3) is 0 Å². The van der Waals surface area contributed by atoms with Gasteiger partial charge in [0, 0.05) is 25.8 Å². The standard InChI is InChI=1S/C18H21FN4O3S/c1-20-18(23-14-6-8-27(24,25)12-14)22-10-13-4-5-17(16(19)9-13)26-15-3-2-7-21-11-15/h2-5,7,9,11,14H,6,8,10,12H2,1H3,(H2,20,22,23). The van der Waals surface area contributed by atoms with Crippen LogP contribution in [0, 0.1) is 5.82 Å². The highest BCUT2D eigenvalue weighted by Gasteiger charge is 2.28. The summed E-state index contributed by atoms with van der Waals surface area (Å²) in [4.78, 5) is 8.01. The predicted octanol–water partition coefficient (Wildman–Crippen LogP) is 1.87. The number of sulfone groups is 1. The van der Waals surface area contributed by atoms with Gasteiger partial charge < -0.3 is 15.4 Å². The van der Waals surface area contributed by atoms with E-state index in [0.717, 1.165) is 0 Å². The highest BCUT2D eigenvalue weighted by atomic mass is 32.2. The zero-order valence-electron chi connectivity index (χ0n) is 14.9. The minimum absolute atomic E-state index is 0.0999. The molecule has 0 radical (unpaired) electrons. The second-order valence-corrected chi connectivity index (χ2v) is 8.45. The lowest BCUT2D eigenvalue weighted by Gasteiger charge is -2.16. The van der Waals surface area contributed by atoms with Gasteiger partial charge in [-0.05, 0) is 36.2 Å². The predicted molar refractivity (Wildman–Crippen MR) is 101 cm³/mol. The Morgan fingerprint density at radius 1 is 1.41 bits per heavy atom. The van der Waals surface area contributed by atoms with E-state index in [1.54, 1.807) is 37.5 Å². The Hall–Kier alpha value is -2.68. The van der Waals surface area contributed by atoms with Crippen LogP contribution in [0.1, 0.15) is 12.0 Å². The molecular weight excluding hydrogens is 371 g/mol. The molecule has 0 bridgehead atoms. The van der Waals surface area contributed by atoms with Crippen LogP contribution >= 0.6 is 0 Å². The van der Waals surface area contributed by atoms with E-state index < -0.39 is 15.7 Å². The Morgan fingerprint density at radius 2 is 2.26 bits per heavy atom. The number of hydrogen-bond donors (Lipinski definition) is 2. The molecule has 27 heavy (non-hydrogen) atoms. The summed E-state index contributed by atoms with van der Waals surface area (Å²) in [6, 6.07) is 7.92. The van der Waals surface area contributed by atoms with Gasteiger partial charge in [0.15, 0.2) is 27.4 Å². The van der Waals surface area contributed by atoms with E-state index in [1.165, 1.54) is 12.3 Å². The van der Waals surface area contributed by atoms with Crippen LogP contribution in [0.4, 0.5) is 4.39 Å². The summed E-state index contributed by atoms with van der Waals surface area (Å²) in [7, 11) is -1.36. The lowest BCUT2D eigenvalue weighted by Crippen LogP contribution is -2.43. The molecule has 1 saturated heterocycles. The van der Waals surface area contributed by atoms with Gasteiger partial charge in [-0.1, -0.05) is 6.07 Å². The first-order valence-corrected chi connectivity index (χ1v) is 10.3. The van der Waals surface area contributed by atoms with Gasteiger partial charge in [-0.3, -0.25) is 9.98 Å². The van der Waals surface area contributed by atoms with E-state index in [0.29, 0.717) is 30.2 Å². The van der Waals surface area contributed by atoms with Crippen LogP contribution in [0.2, 0.25) is 0 Å². The van der Waals surface area contributed by atoms with Crippen molar-refractivity contribution in [1.29, 1.82) is 0 Å². The van der Waals surface area contributed by atoms with Crippen molar-refractivity contribution in [3.63, 3.8) is 0 Å². The van der Waals surface area contributed by atoms with Crippen LogP contribution in [0.3, 0.4) is 0 Å². The first kappa shape index (κ1) is 19.1. The van der Waals surface area contributed by atoms with Gasteiger partial charge in [-0.25, -0.2) is 12.8 Å². The fraction of sp³-hybridized carbons (Fsp3) is 0.333. The summed E-state index contributed by atoms with van der Waals surface area (Å²) in [5, 5.41) is 6.15. The lowest BCUT2D eigenvalue weighted by atomic mass is 10.2. The molecule has 0 aliphatic carbocycles. The van der Waals surface area contributed by atoms with Crippen LogP contribution in [0.5, 0.6) is 11.5 Å². The molecule has 2 aromatic rings. The third-order valence-electron chi connectivity index (χ3n) is 4.12. The summed E-state index contributed by atoms with van der Waals surface area (Å²) >= 11 is 0. The smallest absolute Gasteiger partial charge is 0.191 e. The topological polar surface area (TPSA) is 92.7 Å². The second-order valence-electron chi connectivity index (χ2n) is 6.23. The molecule has 0 spiro atoms. The normalized spacial score (nSPS) is 18.9. The van der Waals surface area contributed by atoms with Crippen molar-refractivity contribution < 1.29 is 17.5 Å². The number of nitrogens with one attached hydrogen (secondary N) is 2. The molecule has 3 rings (SSSR count). The maximum atomic E-state index is 14.3. The van der Waals surface area contributed by atoms with E-state index in [4.69, 9.17) is 4.74 Å². The molecule has 0 amide bonds. The fourth-order valence-corrected chi connectivity index (χ4v) is 4.43. The van der Waals surface area contributed by atoms with E-state index in [1.807, 2.05) is 0 Å². The van der Waals surface area contributed by atoms with Crippen LogP contribution < -0.4 is 15.4 Å². The molecule has 1 aromatic carbocycles. The first-order chi connectivity index (χ1) is 12.9. The maximum Gasteiger partial charge on any atom is 0.191 e. The Morgan fingerprint density at radius 3 is 2.89 bits per heavy atom. The largest absolute Gasteiger partial charge is 0.453 e. The number of hydrogen-bond acceptors (Lipinski definition) is 5. The number of aromatic nitrogens is 1. The number of nitrogens with zero attached hydrogens (tertiary/aromatic N) is 2. The molecule has 1 unspecified atom stereocenters. The second kappa shape index (κ2) is 8.34. The Balaban J connectivity index is 1.56. The van der Waals surface area contributed by atoms with Crippen molar-refractivity contribution in [1.82, 2.24) is 15.6 Å². The summed E-state index contributed by atoms with van der Waals surface area (Å²) in [6.45, 7) is 0.337. The van der Waals surface area contributed by atoms with Crippen molar-refractivity contribution in [3.8, 4) is 11.5 Å². The van der Waals surface area contributed by atoms with E-state index >= 15 is 0 Å². The van der Waals surface area contributed by atoms with Crippen LogP contribution in [-0.4, -0.2) is 44.0 Å². The molecule has 2 N–H and O–H groups in total. The van der Waals surface area contributed by atoms with Crippen LogP contribution in [-0.2, 0) is 16.4 Å². The SMILES string of the molecule is CN=C(NCc1ccc(Oc2cccnc2)c(F)c1)NC1CCS(=O)(=O)C1. The molecule has 2 heterocycles. The van der Waals surface area contributed by atoms with Gasteiger partial charge >= 0.3 is 0 Å². The molecular formula is C18H21FN4O3S. The van der Waals surface area contributed by atoms with Gasteiger partial charge in [0.2, 0.25) is 0 Å². The minimum atomic E-state index is -2.97. The van der Waals surface area contributed by atoms with Crippen molar-refractivity contribution in [2.24, 2.45) is 4.99 Å². The number of ether oxygens (including phenoxy) is 1. The molecule has 1 atom stereocenters. The summed E-state index contributed by atoms with van der Waals surface area (Å²) in [6.07, 6.45) is 3.67. The van der Waals surface area contributed by atoms with Gasteiger partial charge in [0.05, 0.1) is 17.7 Å². The van der Waals surface area contributed by atoms with Gasteiger partial charge in [-0.2, -0.15) is 0 Å². The molecule has 1 fully saturated rings. The Kier molecular flexibility index (Phi) is 5.90. The number of halogens is 1. The third-order valence-corrected chi connectivity index (χ3v) is 5.88. The zero-order chi connectivity index (χ0) is 19.3. The highest BCUT2D eigenvalue weighted by Crippen LogP contribution is 2.24. The fourth-order valence-electron chi connectivity index (χ4n) is 2.75.